The van der Waals surface area contributed by atoms with Crippen molar-refractivity contribution in [2.75, 3.05) is 7.05 Å². The van der Waals surface area contributed by atoms with Gasteiger partial charge in [-0.15, -0.1) is 36.2 Å². The molecule has 0 saturated heterocycles. The van der Waals surface area contributed by atoms with E-state index in [4.69, 9.17) is 0 Å². The van der Waals surface area contributed by atoms with Crippen molar-refractivity contribution >= 4 is 0 Å². The number of benzene rings is 1. The minimum atomic E-state index is 0. The molecule has 0 atom stereocenters. The second-order valence-corrected chi connectivity index (χ2v) is 2.18. The van der Waals surface area contributed by atoms with Crippen LogP contribution in [0.3, 0.4) is 0 Å². The van der Waals surface area contributed by atoms with Gasteiger partial charge in [-0.1, -0.05) is 6.07 Å². The molecule has 0 radical (unpaired) electrons. The van der Waals surface area contributed by atoms with Crippen LogP contribution >= 0.6 is 0 Å². The minimum Gasteiger partial charge on any atom is -0.736 e. The summed E-state index contributed by atoms with van der Waals surface area (Å²) in [6.45, 7) is 0. The van der Waals surface area contributed by atoms with Crippen molar-refractivity contribution in [1.82, 2.24) is 0 Å². The van der Waals surface area contributed by atoms with Gasteiger partial charge in [0.15, 0.2) is 0 Å². The van der Waals surface area contributed by atoms with E-state index in [1.165, 1.54) is 5.56 Å². The van der Waals surface area contributed by atoms with Crippen molar-refractivity contribution in [2.24, 2.45) is 0 Å². The third-order valence-electron chi connectivity index (χ3n) is 1.32. The molecule has 0 saturated carbocycles. The van der Waals surface area contributed by atoms with E-state index < -0.39 is 0 Å². The van der Waals surface area contributed by atoms with Crippen LogP contribution in [0.15, 0.2) is 42.6 Å². The van der Waals surface area contributed by atoms with Gasteiger partial charge in [0.2, 0.25) is 0 Å². The second-order valence-electron chi connectivity index (χ2n) is 2.18. The quantitative estimate of drug-likeness (QED) is 0.517. The maximum atomic E-state index is 3.84. The third-order valence-corrected chi connectivity index (χ3v) is 1.32. The fraction of sp³-hybridized carbons (Fsp3) is 0.100. The zero-order chi connectivity index (χ0) is 7.94. The van der Waals surface area contributed by atoms with Crippen molar-refractivity contribution in [3.05, 3.63) is 59.9 Å². The summed E-state index contributed by atoms with van der Waals surface area (Å²) in [6, 6.07) is 10.1. The van der Waals surface area contributed by atoms with E-state index in [0.29, 0.717) is 0 Å². The monoisotopic (exact) mass is 193 g/mol. The van der Waals surface area contributed by atoms with Gasteiger partial charge in [-0.25, -0.2) is 0 Å². The zero-order valence-electron chi connectivity index (χ0n) is 7.07. The zero-order valence-corrected chi connectivity index (χ0v) is 8.63. The summed E-state index contributed by atoms with van der Waals surface area (Å²) in [6.07, 6.45) is 5.72. The average molecular weight is 193 g/mol. The smallest absolute Gasteiger partial charge is 0.736 e. The molecule has 1 rings (SSSR count). The van der Waals surface area contributed by atoms with Gasteiger partial charge in [0.1, 0.15) is 0 Å². The molecule has 0 aromatic heterocycles. The first kappa shape index (κ1) is 11.3. The van der Waals surface area contributed by atoms with Crippen LogP contribution in [0, 0.1) is 6.42 Å². The van der Waals surface area contributed by atoms with Crippen LogP contribution in [0.25, 0.3) is 5.32 Å². The Balaban J connectivity index is 0.00000121. The summed E-state index contributed by atoms with van der Waals surface area (Å²) in [7, 11) is 1.76. The van der Waals surface area contributed by atoms with Gasteiger partial charge in [0.05, 0.1) is 0 Å². The average Bonchev–Trinajstić information content (AvgIpc) is 2.07. The molecule has 0 unspecified atom stereocenters. The maximum Gasteiger partial charge on any atom is 2.00 e. The Bertz CT molecular complexity index is 219. The van der Waals surface area contributed by atoms with Crippen LogP contribution in [0.4, 0.5) is 0 Å². The Hall–Kier alpha value is -0.656. The van der Waals surface area contributed by atoms with Crippen molar-refractivity contribution in [1.29, 1.82) is 0 Å². The van der Waals surface area contributed by atoms with E-state index in [1.807, 2.05) is 30.7 Å². The van der Waals surface area contributed by atoms with Crippen molar-refractivity contribution in [3.63, 3.8) is 0 Å². The Morgan fingerprint density at radius 3 is 2.50 bits per heavy atom. The molecule has 0 aliphatic carbocycles. The fourth-order valence-electron chi connectivity index (χ4n) is 0.804. The molecular formula is C10H11NTi. The number of rotatable bonds is 3. The van der Waals surface area contributed by atoms with E-state index in [0.717, 1.165) is 0 Å². The first-order valence-corrected chi connectivity index (χ1v) is 3.57. The Labute approximate surface area is 88.8 Å². The minimum absolute atomic E-state index is 0. The SMILES string of the molecule is C[N-]C=C[CH-]c1ccccc1.[Ti+2]. The van der Waals surface area contributed by atoms with E-state index in [2.05, 4.69) is 17.4 Å². The van der Waals surface area contributed by atoms with Gasteiger partial charge in [-0.3, -0.25) is 6.20 Å². The summed E-state index contributed by atoms with van der Waals surface area (Å²) in [5, 5.41) is 3.84. The van der Waals surface area contributed by atoms with E-state index in [-0.39, 0.29) is 21.7 Å². The first-order chi connectivity index (χ1) is 5.43. The summed E-state index contributed by atoms with van der Waals surface area (Å²) in [4.78, 5) is 0. The van der Waals surface area contributed by atoms with E-state index in [1.54, 1.807) is 13.2 Å². The summed E-state index contributed by atoms with van der Waals surface area (Å²) >= 11 is 0. The van der Waals surface area contributed by atoms with E-state index >= 15 is 0 Å². The molecular weight excluding hydrogens is 182 g/mol. The van der Waals surface area contributed by atoms with Crippen molar-refractivity contribution in [2.45, 2.75) is 0 Å². The molecule has 1 aromatic rings. The summed E-state index contributed by atoms with van der Waals surface area (Å²) in [5.41, 5.74) is 1.20. The molecule has 0 fully saturated rings. The first-order valence-electron chi connectivity index (χ1n) is 3.57. The van der Waals surface area contributed by atoms with Gasteiger partial charge in [-0.2, -0.15) is 13.1 Å². The van der Waals surface area contributed by atoms with Crippen LogP contribution in [0.5, 0.6) is 0 Å². The van der Waals surface area contributed by atoms with Crippen LogP contribution in [-0.2, 0) is 21.7 Å². The Morgan fingerprint density at radius 2 is 1.92 bits per heavy atom. The standard InChI is InChI=1S/C10H11N.Ti/c1-11-9-5-8-10-6-3-2-4-7-10;/h2-9H,1H3;/q-2;+2. The molecule has 0 amide bonds. The van der Waals surface area contributed by atoms with Crippen LogP contribution < -0.4 is 0 Å². The normalized spacial score (nSPS) is 9.08. The summed E-state index contributed by atoms with van der Waals surface area (Å²) < 4.78 is 0. The predicted molar refractivity (Wildman–Crippen MR) is 48.3 cm³/mol. The van der Waals surface area contributed by atoms with Gasteiger partial charge in [0.25, 0.3) is 0 Å². The van der Waals surface area contributed by atoms with E-state index in [9.17, 15) is 0 Å². The molecule has 2 heteroatoms. The largest absolute Gasteiger partial charge is 2.00 e. The van der Waals surface area contributed by atoms with Crippen molar-refractivity contribution < 1.29 is 21.7 Å². The van der Waals surface area contributed by atoms with Crippen LogP contribution in [-0.4, -0.2) is 7.05 Å². The molecule has 60 valence electrons. The van der Waals surface area contributed by atoms with Gasteiger partial charge in [0, 0.05) is 0 Å². The van der Waals surface area contributed by atoms with Crippen LogP contribution in [0.1, 0.15) is 5.56 Å². The topological polar surface area (TPSA) is 14.1 Å². The molecule has 12 heavy (non-hydrogen) atoms. The maximum absolute atomic E-state index is 3.84. The van der Waals surface area contributed by atoms with Crippen LogP contribution in [0.2, 0.25) is 0 Å². The molecule has 0 N–H and O–H groups in total. The molecule has 0 spiro atoms. The fourth-order valence-corrected chi connectivity index (χ4v) is 0.804. The Kier molecular flexibility index (Phi) is 6.63. The Morgan fingerprint density at radius 1 is 1.25 bits per heavy atom. The molecule has 0 heterocycles. The van der Waals surface area contributed by atoms with Gasteiger partial charge >= 0.3 is 21.7 Å². The number of hydrogen-bond acceptors (Lipinski definition) is 0. The molecule has 0 aliphatic rings. The third kappa shape index (κ3) is 4.27. The molecule has 1 nitrogen and oxygen atoms in total. The summed E-state index contributed by atoms with van der Waals surface area (Å²) in [5.74, 6) is 0. The predicted octanol–water partition coefficient (Wildman–Crippen LogP) is 2.75. The van der Waals surface area contributed by atoms with Crippen molar-refractivity contribution in [3.8, 4) is 0 Å². The second kappa shape index (κ2) is 7.02. The number of allylic oxidation sites excluding steroid dienone is 1. The molecule has 0 bridgehead atoms. The van der Waals surface area contributed by atoms with Gasteiger partial charge < -0.3 is 5.32 Å². The number of nitrogens with zero attached hydrogens (tertiary/aromatic N) is 1. The van der Waals surface area contributed by atoms with Gasteiger partial charge in [-0.05, 0) is 0 Å². The molecule has 0 aliphatic heterocycles. The molecule has 1 aromatic carbocycles. The number of hydrogen-bond donors (Lipinski definition) is 0.